The van der Waals surface area contributed by atoms with Crippen molar-refractivity contribution in [2.75, 3.05) is 13.1 Å². The molecule has 2 atom stereocenters. The van der Waals surface area contributed by atoms with E-state index in [1.54, 1.807) is 18.3 Å². The fourth-order valence-corrected chi connectivity index (χ4v) is 5.46. The van der Waals surface area contributed by atoms with Crippen molar-refractivity contribution >= 4 is 27.6 Å². The molecule has 2 N–H and O–H groups in total. The molecule has 9 nitrogen and oxygen atoms in total. The van der Waals surface area contributed by atoms with Crippen LogP contribution in [0.5, 0.6) is 0 Å². The Morgan fingerprint density at radius 1 is 1.30 bits per heavy atom. The number of nitrogens with zero attached hydrogens (tertiary/aromatic N) is 3. The second kappa shape index (κ2) is 7.73. The summed E-state index contributed by atoms with van der Waals surface area (Å²) in [5.41, 5.74) is 5.62. The van der Waals surface area contributed by atoms with E-state index in [9.17, 15) is 22.8 Å². The van der Waals surface area contributed by atoms with Crippen LogP contribution in [0, 0.1) is 0 Å². The van der Waals surface area contributed by atoms with Crippen molar-refractivity contribution in [3.63, 3.8) is 0 Å². The van der Waals surface area contributed by atoms with Gasteiger partial charge in [0.05, 0.1) is 18.3 Å². The van der Waals surface area contributed by atoms with Crippen LogP contribution in [0.4, 0.5) is 0 Å². The summed E-state index contributed by atoms with van der Waals surface area (Å²) in [5.74, 6) is -1.23. The van der Waals surface area contributed by atoms with E-state index >= 15 is 0 Å². The molecule has 146 valence electrons. The minimum Gasteiger partial charge on any atom is -0.370 e. The van der Waals surface area contributed by atoms with Crippen LogP contribution in [0.25, 0.3) is 0 Å². The Hall–Kier alpha value is -2.33. The molecule has 0 spiro atoms. The number of carbonyl (C=O) groups is 3. The topological polar surface area (TPSA) is 131 Å². The first-order valence-corrected chi connectivity index (χ1v) is 10.4. The van der Waals surface area contributed by atoms with Crippen LogP contribution >= 0.6 is 0 Å². The predicted molar refractivity (Wildman–Crippen MR) is 95.5 cm³/mol. The fraction of sp³-hybridized carbons (Fsp3) is 0.529. The number of likely N-dealkylation sites (tertiary alicyclic amines) is 1. The number of Topliss-reactive ketones (excluding diaryl/α,β-unsaturated/α-hetero) is 1. The Labute approximate surface area is 157 Å². The molecule has 0 bridgehead atoms. The summed E-state index contributed by atoms with van der Waals surface area (Å²) in [6.07, 6.45) is 4.00. The number of aromatic nitrogens is 1. The third-order valence-corrected chi connectivity index (χ3v) is 6.75. The van der Waals surface area contributed by atoms with Gasteiger partial charge in [-0.05, 0) is 24.5 Å². The van der Waals surface area contributed by atoms with E-state index in [-0.39, 0.29) is 36.8 Å². The average Bonchev–Trinajstić information content (AvgIpc) is 3.17. The molecule has 1 aromatic rings. The van der Waals surface area contributed by atoms with E-state index in [0.29, 0.717) is 24.9 Å². The van der Waals surface area contributed by atoms with E-state index in [4.69, 9.17) is 5.73 Å². The Morgan fingerprint density at radius 2 is 2.07 bits per heavy atom. The first-order valence-electron chi connectivity index (χ1n) is 8.78. The van der Waals surface area contributed by atoms with Gasteiger partial charge in [0, 0.05) is 31.8 Å². The van der Waals surface area contributed by atoms with Crippen molar-refractivity contribution in [3.05, 3.63) is 30.1 Å². The van der Waals surface area contributed by atoms with E-state index in [0.717, 1.165) is 0 Å². The lowest BCUT2D eigenvalue weighted by Crippen LogP contribution is -2.43. The number of ketones is 1. The zero-order chi connectivity index (χ0) is 19.6. The third-order valence-electron chi connectivity index (χ3n) is 4.94. The van der Waals surface area contributed by atoms with Crippen molar-refractivity contribution in [3.8, 4) is 0 Å². The van der Waals surface area contributed by atoms with Gasteiger partial charge in [-0.25, -0.2) is 8.42 Å². The largest absolute Gasteiger partial charge is 0.370 e. The van der Waals surface area contributed by atoms with Gasteiger partial charge in [0.2, 0.25) is 21.8 Å². The predicted octanol–water partition coefficient (Wildman–Crippen LogP) is -0.579. The number of pyridine rings is 1. The quantitative estimate of drug-likeness (QED) is 0.658. The number of hydrogen-bond donors (Lipinski definition) is 1. The maximum Gasteiger partial charge on any atom is 0.223 e. The number of nitrogens with two attached hydrogens (primary N) is 1. The average molecular weight is 394 g/mol. The maximum absolute atomic E-state index is 12.8. The van der Waals surface area contributed by atoms with Gasteiger partial charge in [-0.1, -0.05) is 6.07 Å². The van der Waals surface area contributed by atoms with E-state index in [1.165, 1.54) is 15.4 Å². The number of rotatable bonds is 7. The minimum atomic E-state index is -3.70. The molecule has 2 aliphatic heterocycles. The molecular formula is C17H22N4O5S. The second-order valence-corrected chi connectivity index (χ2v) is 8.76. The van der Waals surface area contributed by atoms with Crippen LogP contribution in [0.2, 0.25) is 0 Å². The van der Waals surface area contributed by atoms with Gasteiger partial charge in [0.15, 0.2) is 5.78 Å². The number of amides is 2. The Kier molecular flexibility index (Phi) is 5.56. The highest BCUT2D eigenvalue weighted by molar-refractivity contribution is 7.88. The normalized spacial score (nSPS) is 22.8. The molecular weight excluding hydrogens is 372 g/mol. The third kappa shape index (κ3) is 4.16. The standard InChI is InChI=1S/C17H22N4O5S/c18-15(23)4-1-5-16(24)20-8-6-13-17(20)14(22)10-21(13)27(25,26)11-12-3-2-7-19-9-12/h2-3,7,9,13,17H,1,4-6,8,10-11H2,(H2,18,23). The van der Waals surface area contributed by atoms with Crippen LogP contribution in [-0.2, 0) is 30.2 Å². The van der Waals surface area contributed by atoms with Crippen molar-refractivity contribution < 1.29 is 22.8 Å². The number of primary amides is 1. The SMILES string of the molecule is NC(=O)CCCC(=O)N1CCC2C1C(=O)CN2S(=O)(=O)Cc1cccnc1. The molecule has 2 fully saturated rings. The monoisotopic (exact) mass is 394 g/mol. The van der Waals surface area contributed by atoms with Gasteiger partial charge in [0.25, 0.3) is 0 Å². The molecule has 2 amide bonds. The highest BCUT2D eigenvalue weighted by atomic mass is 32.2. The van der Waals surface area contributed by atoms with Crippen LogP contribution in [0.1, 0.15) is 31.2 Å². The number of sulfonamides is 1. The van der Waals surface area contributed by atoms with Crippen LogP contribution in [0.3, 0.4) is 0 Å². The zero-order valence-corrected chi connectivity index (χ0v) is 15.6. The van der Waals surface area contributed by atoms with E-state index in [2.05, 4.69) is 4.98 Å². The first kappa shape index (κ1) is 19.4. The van der Waals surface area contributed by atoms with Crippen LogP contribution in [0.15, 0.2) is 24.5 Å². The molecule has 0 aromatic carbocycles. The lowest BCUT2D eigenvalue weighted by Gasteiger charge is -2.24. The Bertz CT molecular complexity index is 842. The molecule has 1 aromatic heterocycles. The summed E-state index contributed by atoms with van der Waals surface area (Å²) >= 11 is 0. The molecule has 27 heavy (non-hydrogen) atoms. The first-order chi connectivity index (χ1) is 12.8. The van der Waals surface area contributed by atoms with Gasteiger partial charge < -0.3 is 10.6 Å². The van der Waals surface area contributed by atoms with Crippen molar-refractivity contribution in [2.24, 2.45) is 5.73 Å². The van der Waals surface area contributed by atoms with E-state index < -0.39 is 28.0 Å². The molecule has 2 aliphatic rings. The van der Waals surface area contributed by atoms with Gasteiger partial charge in [-0.15, -0.1) is 0 Å². The number of fused-ring (bicyclic) bond motifs is 1. The summed E-state index contributed by atoms with van der Waals surface area (Å²) in [7, 11) is -3.70. The zero-order valence-electron chi connectivity index (χ0n) is 14.8. The number of hydrogen-bond acceptors (Lipinski definition) is 6. The van der Waals surface area contributed by atoms with Crippen LogP contribution in [-0.4, -0.2) is 65.4 Å². The molecule has 0 saturated carbocycles. The van der Waals surface area contributed by atoms with Crippen LogP contribution < -0.4 is 5.73 Å². The van der Waals surface area contributed by atoms with Crippen molar-refractivity contribution in [1.82, 2.24) is 14.2 Å². The molecule has 2 saturated heterocycles. The highest BCUT2D eigenvalue weighted by Gasteiger charge is 2.53. The molecule has 0 radical (unpaired) electrons. The second-order valence-electron chi connectivity index (χ2n) is 6.84. The highest BCUT2D eigenvalue weighted by Crippen LogP contribution is 2.33. The molecule has 10 heteroatoms. The van der Waals surface area contributed by atoms with Gasteiger partial charge in [-0.2, -0.15) is 4.31 Å². The number of carbonyl (C=O) groups excluding carboxylic acids is 3. The maximum atomic E-state index is 12.8. The van der Waals surface area contributed by atoms with E-state index in [1.807, 2.05) is 0 Å². The minimum absolute atomic E-state index is 0.104. The fourth-order valence-electron chi connectivity index (χ4n) is 3.75. The Balaban J connectivity index is 1.69. The molecule has 3 heterocycles. The molecule has 2 unspecified atom stereocenters. The lowest BCUT2D eigenvalue weighted by molar-refractivity contribution is -0.136. The van der Waals surface area contributed by atoms with Crippen molar-refractivity contribution in [1.29, 1.82) is 0 Å². The van der Waals surface area contributed by atoms with Crippen molar-refractivity contribution in [2.45, 2.75) is 43.5 Å². The summed E-state index contributed by atoms with van der Waals surface area (Å²) < 4.78 is 26.8. The molecule has 3 rings (SSSR count). The summed E-state index contributed by atoms with van der Waals surface area (Å²) in [5, 5.41) is 0. The van der Waals surface area contributed by atoms with Gasteiger partial charge in [-0.3, -0.25) is 19.4 Å². The summed E-state index contributed by atoms with van der Waals surface area (Å²) in [4.78, 5) is 41.1. The summed E-state index contributed by atoms with van der Waals surface area (Å²) in [6, 6.07) is 2.06. The lowest BCUT2D eigenvalue weighted by atomic mass is 10.1. The summed E-state index contributed by atoms with van der Waals surface area (Å²) in [6.45, 7) is 0.110. The molecule has 0 aliphatic carbocycles. The van der Waals surface area contributed by atoms with Gasteiger partial charge >= 0.3 is 0 Å². The smallest absolute Gasteiger partial charge is 0.223 e. The Morgan fingerprint density at radius 3 is 2.74 bits per heavy atom. The van der Waals surface area contributed by atoms with Gasteiger partial charge in [0.1, 0.15) is 6.04 Å².